The molecule has 1 saturated heterocycles. The Kier molecular flexibility index (Phi) is 6.38. The maximum Gasteiger partial charge on any atom is 0.229 e. The fourth-order valence-electron chi connectivity index (χ4n) is 3.71. The minimum Gasteiger partial charge on any atom is -0.368 e. The van der Waals surface area contributed by atoms with Crippen LogP contribution in [-0.4, -0.2) is 51.9 Å². The SMILES string of the molecule is Cc1cc(C)nc(Nc2nc(CC(=O)N3CCN(c4cc(Cl)ccc4C)CC3)cs2)n1. The Morgan fingerprint density at radius 2 is 1.77 bits per heavy atom. The average Bonchev–Trinajstić information content (AvgIpc) is 3.15. The number of amides is 1. The molecule has 0 aliphatic carbocycles. The van der Waals surface area contributed by atoms with Gasteiger partial charge >= 0.3 is 0 Å². The van der Waals surface area contributed by atoms with E-state index in [-0.39, 0.29) is 5.91 Å². The zero-order chi connectivity index (χ0) is 22.0. The molecule has 1 fully saturated rings. The number of aromatic nitrogens is 3. The summed E-state index contributed by atoms with van der Waals surface area (Å²) in [5.41, 5.74) is 4.89. The van der Waals surface area contributed by atoms with E-state index in [9.17, 15) is 4.79 Å². The van der Waals surface area contributed by atoms with Gasteiger partial charge in [0.25, 0.3) is 0 Å². The number of halogens is 1. The number of piperazine rings is 1. The van der Waals surface area contributed by atoms with Gasteiger partial charge in [0.05, 0.1) is 12.1 Å². The quantitative estimate of drug-likeness (QED) is 0.621. The molecule has 4 rings (SSSR count). The van der Waals surface area contributed by atoms with Crippen molar-refractivity contribution in [2.24, 2.45) is 0 Å². The molecule has 0 radical (unpaired) electrons. The molecule has 162 valence electrons. The Bertz CT molecular complexity index is 1070. The molecule has 1 N–H and O–H groups in total. The Balaban J connectivity index is 1.33. The number of hydrogen-bond donors (Lipinski definition) is 1. The van der Waals surface area contributed by atoms with Crippen LogP contribution in [0.2, 0.25) is 5.02 Å². The summed E-state index contributed by atoms with van der Waals surface area (Å²) in [4.78, 5) is 30.3. The van der Waals surface area contributed by atoms with E-state index in [0.29, 0.717) is 30.6 Å². The summed E-state index contributed by atoms with van der Waals surface area (Å²) in [5, 5.41) is 6.47. The van der Waals surface area contributed by atoms with Gasteiger partial charge in [-0.05, 0) is 44.5 Å². The second kappa shape index (κ2) is 9.20. The van der Waals surface area contributed by atoms with E-state index in [2.05, 4.69) is 32.1 Å². The molecular formula is C22H25ClN6OS. The number of benzene rings is 1. The Labute approximate surface area is 191 Å². The molecule has 0 saturated carbocycles. The van der Waals surface area contributed by atoms with E-state index >= 15 is 0 Å². The van der Waals surface area contributed by atoms with Crippen molar-refractivity contribution in [3.05, 3.63) is 57.3 Å². The van der Waals surface area contributed by atoms with Crippen molar-refractivity contribution in [2.45, 2.75) is 27.2 Å². The molecular weight excluding hydrogens is 432 g/mol. The number of carbonyl (C=O) groups is 1. The van der Waals surface area contributed by atoms with Gasteiger partial charge in [0.1, 0.15) is 0 Å². The first kappa shape index (κ1) is 21.5. The van der Waals surface area contributed by atoms with E-state index in [4.69, 9.17) is 11.6 Å². The average molecular weight is 457 g/mol. The number of rotatable bonds is 5. The normalized spacial score (nSPS) is 14.1. The van der Waals surface area contributed by atoms with Crippen molar-refractivity contribution in [2.75, 3.05) is 36.4 Å². The summed E-state index contributed by atoms with van der Waals surface area (Å²) in [6.45, 7) is 8.91. The van der Waals surface area contributed by atoms with E-state index < -0.39 is 0 Å². The zero-order valence-electron chi connectivity index (χ0n) is 17.9. The highest BCUT2D eigenvalue weighted by Gasteiger charge is 2.23. The zero-order valence-corrected chi connectivity index (χ0v) is 19.4. The van der Waals surface area contributed by atoms with E-state index in [1.807, 2.05) is 48.4 Å². The summed E-state index contributed by atoms with van der Waals surface area (Å²) in [5.74, 6) is 0.624. The van der Waals surface area contributed by atoms with Crippen molar-refractivity contribution in [1.82, 2.24) is 19.9 Å². The van der Waals surface area contributed by atoms with Crippen molar-refractivity contribution in [3.8, 4) is 0 Å². The number of thiazole rings is 1. The molecule has 1 aliphatic heterocycles. The third kappa shape index (κ3) is 5.32. The predicted octanol–water partition coefficient (Wildman–Crippen LogP) is 4.15. The first-order valence-corrected chi connectivity index (χ1v) is 11.5. The molecule has 9 heteroatoms. The lowest BCUT2D eigenvalue weighted by Gasteiger charge is -2.36. The number of aryl methyl sites for hydroxylation is 3. The lowest BCUT2D eigenvalue weighted by molar-refractivity contribution is -0.130. The summed E-state index contributed by atoms with van der Waals surface area (Å²) in [6, 6.07) is 7.86. The highest BCUT2D eigenvalue weighted by Crippen LogP contribution is 2.26. The van der Waals surface area contributed by atoms with E-state index in [1.165, 1.54) is 16.9 Å². The molecule has 1 amide bonds. The summed E-state index contributed by atoms with van der Waals surface area (Å²) < 4.78 is 0. The van der Waals surface area contributed by atoms with Crippen LogP contribution in [0, 0.1) is 20.8 Å². The molecule has 3 heterocycles. The first-order chi connectivity index (χ1) is 14.9. The fraction of sp³-hybridized carbons (Fsp3) is 0.364. The summed E-state index contributed by atoms with van der Waals surface area (Å²) in [7, 11) is 0. The minimum atomic E-state index is 0.0990. The Morgan fingerprint density at radius 3 is 2.48 bits per heavy atom. The van der Waals surface area contributed by atoms with Crippen LogP contribution in [0.25, 0.3) is 0 Å². The second-order valence-corrected chi connectivity index (χ2v) is 9.01. The molecule has 3 aromatic rings. The monoisotopic (exact) mass is 456 g/mol. The smallest absolute Gasteiger partial charge is 0.229 e. The third-order valence-electron chi connectivity index (χ3n) is 5.23. The molecule has 1 aromatic carbocycles. The maximum absolute atomic E-state index is 12.8. The van der Waals surface area contributed by atoms with E-state index in [1.54, 1.807) is 0 Å². The highest BCUT2D eigenvalue weighted by molar-refractivity contribution is 7.13. The van der Waals surface area contributed by atoms with Gasteiger partial charge in [-0.2, -0.15) is 0 Å². The van der Waals surface area contributed by atoms with Crippen LogP contribution >= 0.6 is 22.9 Å². The first-order valence-electron chi connectivity index (χ1n) is 10.2. The number of nitrogens with one attached hydrogen (secondary N) is 1. The number of hydrogen-bond acceptors (Lipinski definition) is 7. The van der Waals surface area contributed by atoms with Gasteiger partial charge in [0.2, 0.25) is 11.9 Å². The van der Waals surface area contributed by atoms with Gasteiger partial charge < -0.3 is 15.1 Å². The molecule has 2 aromatic heterocycles. The topological polar surface area (TPSA) is 74.2 Å². The van der Waals surface area contributed by atoms with E-state index in [0.717, 1.165) is 40.9 Å². The minimum absolute atomic E-state index is 0.0990. The van der Waals surface area contributed by atoms with Gasteiger partial charge in [-0.15, -0.1) is 11.3 Å². The molecule has 0 unspecified atom stereocenters. The van der Waals surface area contributed by atoms with Crippen molar-refractivity contribution in [1.29, 1.82) is 0 Å². The highest BCUT2D eigenvalue weighted by atomic mass is 35.5. The van der Waals surface area contributed by atoms with Crippen LogP contribution < -0.4 is 10.2 Å². The lowest BCUT2D eigenvalue weighted by atomic mass is 10.1. The van der Waals surface area contributed by atoms with Gasteiger partial charge in [-0.3, -0.25) is 4.79 Å². The fourth-order valence-corrected chi connectivity index (χ4v) is 4.58. The molecule has 1 aliphatic rings. The maximum atomic E-state index is 12.8. The van der Waals surface area contributed by atoms with Crippen LogP contribution in [-0.2, 0) is 11.2 Å². The van der Waals surface area contributed by atoms with Crippen LogP contribution in [0.5, 0.6) is 0 Å². The van der Waals surface area contributed by atoms with Crippen molar-refractivity contribution in [3.63, 3.8) is 0 Å². The molecule has 31 heavy (non-hydrogen) atoms. The third-order valence-corrected chi connectivity index (χ3v) is 6.27. The number of nitrogens with zero attached hydrogens (tertiary/aromatic N) is 5. The number of carbonyl (C=O) groups excluding carboxylic acids is 1. The standard InChI is InChI=1S/C22H25ClN6OS/c1-14-4-5-17(23)11-19(14)28-6-8-29(9-7-28)20(30)12-18-13-31-22(26-18)27-21-24-15(2)10-16(3)25-21/h4-5,10-11,13H,6-9,12H2,1-3H3,(H,24,25,26,27). The van der Waals surface area contributed by atoms with Crippen LogP contribution in [0.15, 0.2) is 29.6 Å². The Morgan fingerprint density at radius 1 is 1.06 bits per heavy atom. The van der Waals surface area contributed by atoms with Crippen LogP contribution in [0.4, 0.5) is 16.8 Å². The van der Waals surface area contributed by atoms with Gasteiger partial charge in [0, 0.05) is 53.7 Å². The van der Waals surface area contributed by atoms with Crippen molar-refractivity contribution >= 4 is 45.6 Å². The van der Waals surface area contributed by atoms with Gasteiger partial charge in [-0.25, -0.2) is 15.0 Å². The predicted molar refractivity (Wildman–Crippen MR) is 126 cm³/mol. The van der Waals surface area contributed by atoms with Crippen LogP contribution in [0.3, 0.4) is 0 Å². The Hall–Kier alpha value is -2.71. The largest absolute Gasteiger partial charge is 0.368 e. The number of anilines is 3. The molecule has 0 bridgehead atoms. The molecule has 0 spiro atoms. The van der Waals surface area contributed by atoms with Crippen molar-refractivity contribution < 1.29 is 4.79 Å². The van der Waals surface area contributed by atoms with Gasteiger partial charge in [0.15, 0.2) is 5.13 Å². The van der Waals surface area contributed by atoms with Crippen LogP contribution in [0.1, 0.15) is 22.6 Å². The summed E-state index contributed by atoms with van der Waals surface area (Å²) >= 11 is 7.62. The molecule has 7 nitrogen and oxygen atoms in total. The second-order valence-electron chi connectivity index (χ2n) is 7.72. The van der Waals surface area contributed by atoms with Gasteiger partial charge in [-0.1, -0.05) is 17.7 Å². The summed E-state index contributed by atoms with van der Waals surface area (Å²) in [6.07, 6.45) is 0.294. The molecule has 0 atom stereocenters. The lowest BCUT2D eigenvalue weighted by Crippen LogP contribution is -2.49.